The van der Waals surface area contributed by atoms with Gasteiger partial charge in [-0.2, -0.15) is 0 Å². The Balaban J connectivity index is 2.81. The van der Waals surface area contributed by atoms with Crippen molar-refractivity contribution >= 4 is 0 Å². The molecule has 1 aromatic rings. The zero-order valence-electron chi connectivity index (χ0n) is 10.0. The van der Waals surface area contributed by atoms with Crippen molar-refractivity contribution in [1.29, 1.82) is 0 Å². The van der Waals surface area contributed by atoms with Crippen molar-refractivity contribution in [3.63, 3.8) is 0 Å². The highest BCUT2D eigenvalue weighted by molar-refractivity contribution is 5.25. The maximum absolute atomic E-state index is 5.42. The van der Waals surface area contributed by atoms with Gasteiger partial charge in [0.2, 0.25) is 0 Å². The SMILES string of the molecule is CCOCC(NC)c1ncc(C)cc1C. The molecule has 1 atom stereocenters. The Labute approximate surface area is 91.9 Å². The van der Waals surface area contributed by atoms with E-state index < -0.39 is 0 Å². The van der Waals surface area contributed by atoms with Crippen LogP contribution in [0.2, 0.25) is 0 Å². The molecule has 0 amide bonds. The van der Waals surface area contributed by atoms with Crippen LogP contribution in [-0.4, -0.2) is 25.2 Å². The lowest BCUT2D eigenvalue weighted by Gasteiger charge is -2.17. The van der Waals surface area contributed by atoms with Crippen molar-refractivity contribution in [2.45, 2.75) is 26.8 Å². The van der Waals surface area contributed by atoms with Crippen molar-refractivity contribution in [2.24, 2.45) is 0 Å². The third-order valence-corrected chi connectivity index (χ3v) is 2.42. The Hall–Kier alpha value is -0.930. The van der Waals surface area contributed by atoms with E-state index in [1.807, 2.05) is 20.2 Å². The lowest BCUT2D eigenvalue weighted by atomic mass is 10.1. The summed E-state index contributed by atoms with van der Waals surface area (Å²) < 4.78 is 5.42. The highest BCUT2D eigenvalue weighted by Gasteiger charge is 2.13. The third kappa shape index (κ3) is 3.29. The van der Waals surface area contributed by atoms with Crippen LogP contribution in [0, 0.1) is 13.8 Å². The Kier molecular flexibility index (Phi) is 4.72. The molecule has 3 nitrogen and oxygen atoms in total. The van der Waals surface area contributed by atoms with Gasteiger partial charge in [0, 0.05) is 12.8 Å². The summed E-state index contributed by atoms with van der Waals surface area (Å²) in [5, 5.41) is 3.23. The second-order valence-electron chi connectivity index (χ2n) is 3.72. The van der Waals surface area contributed by atoms with Gasteiger partial charge in [-0.15, -0.1) is 0 Å². The number of likely N-dealkylation sites (N-methyl/N-ethyl adjacent to an activating group) is 1. The van der Waals surface area contributed by atoms with Gasteiger partial charge < -0.3 is 10.1 Å². The van der Waals surface area contributed by atoms with Gasteiger partial charge in [0.05, 0.1) is 18.3 Å². The summed E-state index contributed by atoms with van der Waals surface area (Å²) >= 11 is 0. The highest BCUT2D eigenvalue weighted by atomic mass is 16.5. The molecule has 0 aromatic carbocycles. The number of nitrogens with zero attached hydrogens (tertiary/aromatic N) is 1. The highest BCUT2D eigenvalue weighted by Crippen LogP contribution is 2.15. The fraction of sp³-hybridized carbons (Fsp3) is 0.583. The quantitative estimate of drug-likeness (QED) is 0.803. The molecule has 1 heterocycles. The molecular weight excluding hydrogens is 188 g/mol. The summed E-state index contributed by atoms with van der Waals surface area (Å²) in [7, 11) is 1.94. The number of pyridine rings is 1. The summed E-state index contributed by atoms with van der Waals surface area (Å²) in [4.78, 5) is 4.46. The van der Waals surface area contributed by atoms with E-state index in [9.17, 15) is 0 Å². The smallest absolute Gasteiger partial charge is 0.0732 e. The lowest BCUT2D eigenvalue weighted by Crippen LogP contribution is -2.23. The van der Waals surface area contributed by atoms with Gasteiger partial charge in [-0.25, -0.2) is 0 Å². The first-order chi connectivity index (χ1) is 7.19. The predicted molar refractivity (Wildman–Crippen MR) is 62.0 cm³/mol. The Morgan fingerprint density at radius 2 is 2.20 bits per heavy atom. The topological polar surface area (TPSA) is 34.1 Å². The van der Waals surface area contributed by atoms with Crippen molar-refractivity contribution in [1.82, 2.24) is 10.3 Å². The lowest BCUT2D eigenvalue weighted by molar-refractivity contribution is 0.124. The largest absolute Gasteiger partial charge is 0.380 e. The molecule has 1 unspecified atom stereocenters. The van der Waals surface area contributed by atoms with E-state index in [4.69, 9.17) is 4.74 Å². The zero-order valence-corrected chi connectivity index (χ0v) is 10.0. The molecule has 0 spiro atoms. The Morgan fingerprint density at radius 1 is 1.47 bits per heavy atom. The maximum atomic E-state index is 5.42. The van der Waals surface area contributed by atoms with E-state index in [-0.39, 0.29) is 6.04 Å². The molecule has 1 rings (SSSR count). The molecule has 0 aliphatic rings. The molecule has 0 fully saturated rings. The first kappa shape index (κ1) is 12.1. The molecule has 1 N–H and O–H groups in total. The maximum Gasteiger partial charge on any atom is 0.0732 e. The van der Waals surface area contributed by atoms with Gasteiger partial charge in [0.15, 0.2) is 0 Å². The van der Waals surface area contributed by atoms with Crippen LogP contribution < -0.4 is 5.32 Å². The van der Waals surface area contributed by atoms with Crippen LogP contribution in [0.25, 0.3) is 0 Å². The molecule has 0 saturated heterocycles. The van der Waals surface area contributed by atoms with E-state index >= 15 is 0 Å². The van der Waals surface area contributed by atoms with Gasteiger partial charge in [-0.3, -0.25) is 4.98 Å². The van der Waals surface area contributed by atoms with Crippen molar-refractivity contribution in [3.05, 3.63) is 29.1 Å². The van der Waals surface area contributed by atoms with Crippen molar-refractivity contribution in [3.8, 4) is 0 Å². The summed E-state index contributed by atoms with van der Waals surface area (Å²) in [6.07, 6.45) is 1.90. The number of aryl methyl sites for hydroxylation is 2. The molecule has 0 radical (unpaired) electrons. The fourth-order valence-corrected chi connectivity index (χ4v) is 1.63. The summed E-state index contributed by atoms with van der Waals surface area (Å²) in [6, 6.07) is 2.34. The van der Waals surface area contributed by atoms with Crippen LogP contribution in [0.4, 0.5) is 0 Å². The van der Waals surface area contributed by atoms with Crippen LogP contribution in [0.15, 0.2) is 12.3 Å². The molecule has 1 aromatic heterocycles. The number of rotatable bonds is 5. The number of nitrogens with one attached hydrogen (secondary N) is 1. The average Bonchev–Trinajstić information content (AvgIpc) is 2.21. The minimum absolute atomic E-state index is 0.186. The second-order valence-corrected chi connectivity index (χ2v) is 3.72. The summed E-state index contributed by atoms with van der Waals surface area (Å²) in [6.45, 7) is 7.56. The Morgan fingerprint density at radius 3 is 2.73 bits per heavy atom. The molecule has 3 heteroatoms. The van der Waals surface area contributed by atoms with Crippen molar-refractivity contribution < 1.29 is 4.74 Å². The zero-order chi connectivity index (χ0) is 11.3. The van der Waals surface area contributed by atoms with E-state index in [0.717, 1.165) is 12.3 Å². The second kappa shape index (κ2) is 5.83. The van der Waals surface area contributed by atoms with Crippen LogP contribution in [0.1, 0.15) is 29.8 Å². The van der Waals surface area contributed by atoms with E-state index in [2.05, 4.69) is 30.2 Å². The summed E-state index contributed by atoms with van der Waals surface area (Å²) in [5.74, 6) is 0. The third-order valence-electron chi connectivity index (χ3n) is 2.42. The number of ether oxygens (including phenoxy) is 1. The minimum Gasteiger partial charge on any atom is -0.380 e. The van der Waals surface area contributed by atoms with Gasteiger partial charge in [-0.05, 0) is 38.9 Å². The van der Waals surface area contributed by atoms with Gasteiger partial charge in [0.25, 0.3) is 0 Å². The molecule has 0 saturated carbocycles. The molecule has 0 aliphatic carbocycles. The van der Waals surface area contributed by atoms with Crippen LogP contribution >= 0.6 is 0 Å². The fourth-order valence-electron chi connectivity index (χ4n) is 1.63. The standard InChI is InChI=1S/C12H20N2O/c1-5-15-8-11(13-4)12-10(3)6-9(2)7-14-12/h6-7,11,13H,5,8H2,1-4H3. The minimum atomic E-state index is 0.186. The van der Waals surface area contributed by atoms with E-state index in [0.29, 0.717) is 6.61 Å². The van der Waals surface area contributed by atoms with Crippen molar-refractivity contribution in [2.75, 3.05) is 20.3 Å². The van der Waals surface area contributed by atoms with Gasteiger partial charge in [-0.1, -0.05) is 6.07 Å². The first-order valence-corrected chi connectivity index (χ1v) is 5.37. The molecule has 0 bridgehead atoms. The molecular formula is C12H20N2O. The van der Waals surface area contributed by atoms with E-state index in [1.54, 1.807) is 0 Å². The van der Waals surface area contributed by atoms with E-state index in [1.165, 1.54) is 11.1 Å². The molecule has 84 valence electrons. The van der Waals surface area contributed by atoms with Gasteiger partial charge in [0.1, 0.15) is 0 Å². The molecule has 15 heavy (non-hydrogen) atoms. The van der Waals surface area contributed by atoms with Crippen LogP contribution in [-0.2, 0) is 4.74 Å². The first-order valence-electron chi connectivity index (χ1n) is 5.37. The van der Waals surface area contributed by atoms with Gasteiger partial charge >= 0.3 is 0 Å². The van der Waals surface area contributed by atoms with Crippen LogP contribution in [0.3, 0.4) is 0 Å². The monoisotopic (exact) mass is 208 g/mol. The van der Waals surface area contributed by atoms with Crippen LogP contribution in [0.5, 0.6) is 0 Å². The normalized spacial score (nSPS) is 12.8. The average molecular weight is 208 g/mol. The number of hydrogen-bond acceptors (Lipinski definition) is 3. The summed E-state index contributed by atoms with van der Waals surface area (Å²) in [5.41, 5.74) is 3.49. The Bertz CT molecular complexity index is 312. The predicted octanol–water partition coefficient (Wildman–Crippen LogP) is 2.00. The number of aromatic nitrogens is 1. The molecule has 0 aliphatic heterocycles. The number of hydrogen-bond donors (Lipinski definition) is 1.